The first-order valence-electron chi connectivity index (χ1n) is 9.50. The molecule has 8 nitrogen and oxygen atoms in total. The average Bonchev–Trinajstić information content (AvgIpc) is 2.96. The maximum absolute atomic E-state index is 12.6. The third-order valence-corrected chi connectivity index (χ3v) is 4.72. The lowest BCUT2D eigenvalue weighted by Crippen LogP contribution is -2.54. The van der Waals surface area contributed by atoms with Gasteiger partial charge >= 0.3 is 18.1 Å². The molecule has 0 aliphatic carbocycles. The lowest BCUT2D eigenvalue weighted by atomic mass is 10.1. The fourth-order valence-corrected chi connectivity index (χ4v) is 3.34. The Morgan fingerprint density at radius 1 is 1.17 bits per heavy atom. The van der Waals surface area contributed by atoms with E-state index in [1.807, 2.05) is 20.8 Å². The number of piperazine rings is 1. The third-order valence-electron chi connectivity index (χ3n) is 4.72. The summed E-state index contributed by atoms with van der Waals surface area (Å²) in [5, 5.41) is 8.92. The predicted molar refractivity (Wildman–Crippen MR) is 106 cm³/mol. The van der Waals surface area contributed by atoms with Crippen molar-refractivity contribution < 1.29 is 24.2 Å². The number of carbonyl (C=O) groups excluding carboxylic acids is 2. The molecule has 2 saturated heterocycles. The summed E-state index contributed by atoms with van der Waals surface area (Å²) in [6, 6.07) is 6.14. The molecule has 1 aromatic rings. The SMILES string of the molecule is CC(C)(C)OC(=O)N1CCN2C(=O)N(CC#Cc3ccc(C(=O)O)cc3)C[C@@H]2C1. The molecule has 2 aliphatic heterocycles. The van der Waals surface area contributed by atoms with E-state index < -0.39 is 11.6 Å². The van der Waals surface area contributed by atoms with Crippen LogP contribution in [-0.4, -0.2) is 82.3 Å². The molecule has 3 amide bonds. The highest BCUT2D eigenvalue weighted by atomic mass is 16.6. The molecule has 2 heterocycles. The summed E-state index contributed by atoms with van der Waals surface area (Å²) in [6.45, 7) is 7.64. The van der Waals surface area contributed by atoms with Gasteiger partial charge in [0.2, 0.25) is 0 Å². The number of benzene rings is 1. The number of carboxylic acids is 1. The van der Waals surface area contributed by atoms with Crippen LogP contribution in [-0.2, 0) is 4.74 Å². The highest BCUT2D eigenvalue weighted by Crippen LogP contribution is 2.21. The zero-order valence-electron chi connectivity index (χ0n) is 16.8. The smallest absolute Gasteiger partial charge is 0.410 e. The van der Waals surface area contributed by atoms with Crippen molar-refractivity contribution in [1.82, 2.24) is 14.7 Å². The fraction of sp³-hybridized carbons (Fsp3) is 0.476. The monoisotopic (exact) mass is 399 g/mol. The number of nitrogens with zero attached hydrogens (tertiary/aromatic N) is 3. The van der Waals surface area contributed by atoms with Gasteiger partial charge in [-0.25, -0.2) is 14.4 Å². The van der Waals surface area contributed by atoms with Crippen LogP contribution in [0.3, 0.4) is 0 Å². The Morgan fingerprint density at radius 2 is 1.86 bits per heavy atom. The summed E-state index contributed by atoms with van der Waals surface area (Å²) < 4.78 is 5.43. The topological polar surface area (TPSA) is 90.4 Å². The molecular weight excluding hydrogens is 374 g/mol. The minimum absolute atomic E-state index is 0.0691. The van der Waals surface area contributed by atoms with Crippen molar-refractivity contribution in [2.24, 2.45) is 0 Å². The number of carbonyl (C=O) groups is 3. The number of hydrogen-bond donors (Lipinski definition) is 1. The third kappa shape index (κ3) is 4.99. The molecule has 2 fully saturated rings. The van der Waals surface area contributed by atoms with Crippen LogP contribution in [0.5, 0.6) is 0 Å². The van der Waals surface area contributed by atoms with Gasteiger partial charge in [0.25, 0.3) is 0 Å². The largest absolute Gasteiger partial charge is 0.478 e. The quantitative estimate of drug-likeness (QED) is 0.769. The molecule has 8 heteroatoms. The Bertz CT molecular complexity index is 863. The molecule has 1 aromatic carbocycles. The van der Waals surface area contributed by atoms with Crippen molar-refractivity contribution in [2.45, 2.75) is 32.4 Å². The van der Waals surface area contributed by atoms with Crippen LogP contribution >= 0.6 is 0 Å². The Morgan fingerprint density at radius 3 is 2.48 bits per heavy atom. The van der Waals surface area contributed by atoms with Gasteiger partial charge in [0.15, 0.2) is 0 Å². The number of aromatic carboxylic acids is 1. The Hall–Kier alpha value is -3.21. The summed E-state index contributed by atoms with van der Waals surface area (Å²) >= 11 is 0. The molecule has 0 saturated carbocycles. The number of hydrogen-bond acceptors (Lipinski definition) is 4. The van der Waals surface area contributed by atoms with E-state index in [-0.39, 0.29) is 30.3 Å². The number of fused-ring (bicyclic) bond motifs is 1. The lowest BCUT2D eigenvalue weighted by Gasteiger charge is -2.37. The summed E-state index contributed by atoms with van der Waals surface area (Å²) in [6.07, 6.45) is -0.354. The van der Waals surface area contributed by atoms with Crippen molar-refractivity contribution in [3.05, 3.63) is 35.4 Å². The van der Waals surface area contributed by atoms with E-state index in [1.54, 1.807) is 26.8 Å². The predicted octanol–water partition coefficient (Wildman–Crippen LogP) is 2.09. The molecule has 1 atom stereocenters. The van der Waals surface area contributed by atoms with Gasteiger partial charge in [-0.15, -0.1) is 0 Å². The van der Waals surface area contributed by atoms with E-state index in [0.29, 0.717) is 31.7 Å². The first-order chi connectivity index (χ1) is 13.6. The molecule has 3 rings (SSSR count). The van der Waals surface area contributed by atoms with E-state index in [4.69, 9.17) is 9.84 Å². The zero-order valence-corrected chi connectivity index (χ0v) is 16.8. The summed E-state index contributed by atoms with van der Waals surface area (Å²) in [5.41, 5.74) is 0.344. The molecule has 0 bridgehead atoms. The van der Waals surface area contributed by atoms with Gasteiger partial charge in [0, 0.05) is 31.7 Å². The van der Waals surface area contributed by atoms with E-state index >= 15 is 0 Å². The molecule has 2 aliphatic rings. The van der Waals surface area contributed by atoms with Crippen LogP contribution in [0.2, 0.25) is 0 Å². The second-order valence-corrected chi connectivity index (χ2v) is 8.12. The molecule has 154 valence electrons. The maximum atomic E-state index is 12.6. The minimum Gasteiger partial charge on any atom is -0.478 e. The molecule has 0 unspecified atom stereocenters. The second kappa shape index (κ2) is 8.03. The van der Waals surface area contributed by atoms with Crippen LogP contribution in [0.1, 0.15) is 36.7 Å². The highest BCUT2D eigenvalue weighted by Gasteiger charge is 2.42. The van der Waals surface area contributed by atoms with Crippen LogP contribution in [0.15, 0.2) is 24.3 Å². The van der Waals surface area contributed by atoms with E-state index in [2.05, 4.69) is 11.8 Å². The molecule has 0 spiro atoms. The lowest BCUT2D eigenvalue weighted by molar-refractivity contribution is 0.0127. The normalized spacial score (nSPS) is 18.8. The Labute approximate surface area is 170 Å². The van der Waals surface area contributed by atoms with E-state index in [1.165, 1.54) is 12.1 Å². The number of carboxylic acid groups (broad SMARTS) is 1. The molecule has 29 heavy (non-hydrogen) atoms. The van der Waals surface area contributed by atoms with Crippen molar-refractivity contribution in [1.29, 1.82) is 0 Å². The highest BCUT2D eigenvalue weighted by molar-refractivity contribution is 5.87. The van der Waals surface area contributed by atoms with Gasteiger partial charge < -0.3 is 24.5 Å². The van der Waals surface area contributed by atoms with Gasteiger partial charge in [-0.3, -0.25) is 0 Å². The molecular formula is C21H25N3O5. The molecule has 1 N–H and O–H groups in total. The number of amides is 3. The second-order valence-electron chi connectivity index (χ2n) is 8.12. The van der Waals surface area contributed by atoms with Crippen LogP contribution in [0.25, 0.3) is 0 Å². The van der Waals surface area contributed by atoms with E-state index in [9.17, 15) is 14.4 Å². The summed E-state index contributed by atoms with van der Waals surface area (Å²) in [4.78, 5) is 40.9. The van der Waals surface area contributed by atoms with Crippen LogP contribution < -0.4 is 0 Å². The first-order valence-corrected chi connectivity index (χ1v) is 9.50. The van der Waals surface area contributed by atoms with Gasteiger partial charge in [-0.2, -0.15) is 0 Å². The van der Waals surface area contributed by atoms with Gasteiger partial charge in [-0.1, -0.05) is 11.8 Å². The fourth-order valence-electron chi connectivity index (χ4n) is 3.34. The van der Waals surface area contributed by atoms with E-state index in [0.717, 1.165) is 0 Å². The number of ether oxygens (including phenoxy) is 1. The molecule has 0 aromatic heterocycles. The molecule has 0 radical (unpaired) electrons. The standard InChI is InChI=1S/C21H25N3O5/c1-21(2,3)29-20(28)23-11-12-24-17(14-23)13-22(19(24)27)10-4-5-15-6-8-16(9-7-15)18(25)26/h6-9,17H,10-14H2,1-3H3,(H,25,26)/t17-/m1/s1. The summed E-state index contributed by atoms with van der Waals surface area (Å²) in [5.74, 6) is 4.94. The minimum atomic E-state index is -0.982. The van der Waals surface area contributed by atoms with Gasteiger partial charge in [0.1, 0.15) is 5.60 Å². The summed E-state index contributed by atoms with van der Waals surface area (Å²) in [7, 11) is 0. The van der Waals surface area contributed by atoms with Crippen molar-refractivity contribution >= 4 is 18.1 Å². The first kappa shape index (κ1) is 20.5. The maximum Gasteiger partial charge on any atom is 0.410 e. The van der Waals surface area contributed by atoms with Crippen molar-refractivity contribution in [3.63, 3.8) is 0 Å². The number of rotatable bonds is 2. The number of urea groups is 1. The zero-order chi connectivity index (χ0) is 21.2. The van der Waals surface area contributed by atoms with Crippen molar-refractivity contribution in [2.75, 3.05) is 32.7 Å². The van der Waals surface area contributed by atoms with Gasteiger partial charge in [0.05, 0.1) is 18.2 Å². The van der Waals surface area contributed by atoms with Crippen LogP contribution in [0, 0.1) is 11.8 Å². The Kier molecular flexibility index (Phi) is 5.69. The average molecular weight is 399 g/mol. The van der Waals surface area contributed by atoms with Gasteiger partial charge in [-0.05, 0) is 45.0 Å². The Balaban J connectivity index is 1.57. The van der Waals surface area contributed by atoms with Crippen molar-refractivity contribution in [3.8, 4) is 11.8 Å². The van der Waals surface area contributed by atoms with Crippen LogP contribution in [0.4, 0.5) is 9.59 Å².